The molecule has 0 saturated heterocycles. The van der Waals surface area contributed by atoms with Crippen LogP contribution < -0.4 is 0 Å². The van der Waals surface area contributed by atoms with Gasteiger partial charge in [-0.15, -0.1) is 0 Å². The van der Waals surface area contributed by atoms with Crippen molar-refractivity contribution in [2.45, 2.75) is 24.4 Å². The second-order valence-corrected chi connectivity index (χ2v) is 7.41. The molecule has 1 aromatic carbocycles. The number of alkyl halides is 3. The van der Waals surface area contributed by atoms with Crippen molar-refractivity contribution in [1.29, 1.82) is 0 Å². The number of ether oxygens (including phenoxy) is 1. The third kappa shape index (κ3) is 4.02. The zero-order valence-electron chi connectivity index (χ0n) is 12.4. The van der Waals surface area contributed by atoms with E-state index >= 15 is 0 Å². The van der Waals surface area contributed by atoms with Crippen LogP contribution in [0.15, 0.2) is 23.1 Å². The Morgan fingerprint density at radius 2 is 2.00 bits per heavy atom. The SMILES string of the molecule is CCOC(=O)c1[nH]c2ccc(Cl)cc2c1S(=O)(=O)CCC(F)(F)F. The van der Waals surface area contributed by atoms with E-state index in [9.17, 15) is 26.4 Å². The summed E-state index contributed by atoms with van der Waals surface area (Å²) in [5.41, 5.74) is -0.149. The highest BCUT2D eigenvalue weighted by Gasteiger charge is 2.34. The van der Waals surface area contributed by atoms with Gasteiger partial charge in [0.15, 0.2) is 9.84 Å². The molecule has 0 amide bonds. The zero-order valence-corrected chi connectivity index (χ0v) is 14.0. The third-order valence-corrected chi connectivity index (χ3v) is 5.18. The summed E-state index contributed by atoms with van der Waals surface area (Å²) in [5, 5.41) is 0.233. The minimum absolute atomic E-state index is 0.0169. The van der Waals surface area contributed by atoms with Gasteiger partial charge in [-0.3, -0.25) is 0 Å². The number of H-pyrrole nitrogens is 1. The van der Waals surface area contributed by atoms with Crippen molar-refractivity contribution in [2.75, 3.05) is 12.4 Å². The molecule has 1 heterocycles. The summed E-state index contributed by atoms with van der Waals surface area (Å²) in [6.45, 7) is 1.51. The Labute approximate surface area is 140 Å². The van der Waals surface area contributed by atoms with Gasteiger partial charge >= 0.3 is 12.1 Å². The Balaban J connectivity index is 2.62. The van der Waals surface area contributed by atoms with Crippen molar-refractivity contribution < 1.29 is 31.1 Å². The minimum atomic E-state index is -4.64. The number of aromatic nitrogens is 1. The number of sulfone groups is 1. The van der Waals surface area contributed by atoms with E-state index < -0.39 is 44.7 Å². The molecule has 0 atom stereocenters. The molecule has 0 radical (unpaired) electrons. The monoisotopic (exact) mass is 383 g/mol. The van der Waals surface area contributed by atoms with Crippen LogP contribution in [0.25, 0.3) is 10.9 Å². The first-order valence-corrected chi connectivity index (χ1v) is 8.86. The summed E-state index contributed by atoms with van der Waals surface area (Å²) in [6, 6.07) is 4.17. The molecule has 0 aliphatic rings. The van der Waals surface area contributed by atoms with Crippen LogP contribution in [0.3, 0.4) is 0 Å². The predicted octanol–water partition coefficient (Wildman–Crippen LogP) is 3.72. The number of carbonyl (C=O) groups is 1. The Kier molecular flexibility index (Phi) is 5.14. The molecular weight excluding hydrogens is 371 g/mol. The fraction of sp³-hybridized carbons (Fsp3) is 0.357. The maximum atomic E-state index is 12.4. The number of nitrogens with one attached hydrogen (secondary N) is 1. The van der Waals surface area contributed by atoms with Gasteiger partial charge in [0.1, 0.15) is 10.6 Å². The highest BCUT2D eigenvalue weighted by Crippen LogP contribution is 2.32. The van der Waals surface area contributed by atoms with Crippen LogP contribution in [-0.4, -0.2) is 37.9 Å². The van der Waals surface area contributed by atoms with E-state index in [1.165, 1.54) is 25.1 Å². The summed E-state index contributed by atoms with van der Waals surface area (Å²) < 4.78 is 66.8. The van der Waals surface area contributed by atoms with E-state index in [0.717, 1.165) is 0 Å². The van der Waals surface area contributed by atoms with Crippen molar-refractivity contribution in [3.8, 4) is 0 Å². The number of esters is 1. The summed E-state index contributed by atoms with van der Waals surface area (Å²) in [6.07, 6.45) is -6.16. The molecule has 2 aromatic rings. The normalized spacial score (nSPS) is 12.5. The van der Waals surface area contributed by atoms with E-state index in [4.69, 9.17) is 16.3 Å². The van der Waals surface area contributed by atoms with E-state index in [1.807, 2.05) is 0 Å². The number of benzene rings is 1. The second-order valence-electron chi connectivity index (χ2n) is 4.92. The zero-order chi connectivity index (χ0) is 18.1. The summed E-state index contributed by atoms with van der Waals surface area (Å²) in [5.74, 6) is -2.14. The van der Waals surface area contributed by atoms with Crippen LogP contribution in [-0.2, 0) is 14.6 Å². The molecule has 1 N–H and O–H groups in total. The number of fused-ring (bicyclic) bond motifs is 1. The first kappa shape index (κ1) is 18.6. The van der Waals surface area contributed by atoms with Gasteiger partial charge in [0.25, 0.3) is 0 Å². The van der Waals surface area contributed by atoms with Crippen molar-refractivity contribution in [3.63, 3.8) is 0 Å². The molecular formula is C14H13ClF3NO4S. The number of aromatic amines is 1. The van der Waals surface area contributed by atoms with E-state index in [0.29, 0.717) is 0 Å². The topological polar surface area (TPSA) is 76.2 Å². The maximum Gasteiger partial charge on any atom is 0.390 e. The highest BCUT2D eigenvalue weighted by atomic mass is 35.5. The largest absolute Gasteiger partial charge is 0.461 e. The minimum Gasteiger partial charge on any atom is -0.461 e. The lowest BCUT2D eigenvalue weighted by Crippen LogP contribution is -2.18. The molecule has 0 saturated carbocycles. The van der Waals surface area contributed by atoms with Gasteiger partial charge < -0.3 is 9.72 Å². The first-order chi connectivity index (χ1) is 11.0. The van der Waals surface area contributed by atoms with Crippen LogP contribution in [0.4, 0.5) is 13.2 Å². The van der Waals surface area contributed by atoms with Crippen molar-refractivity contribution in [2.24, 2.45) is 0 Å². The maximum absolute atomic E-state index is 12.4. The van der Waals surface area contributed by atoms with Crippen LogP contribution in [0.1, 0.15) is 23.8 Å². The number of halogens is 4. The number of hydrogen-bond donors (Lipinski definition) is 1. The molecule has 10 heteroatoms. The lowest BCUT2D eigenvalue weighted by molar-refractivity contribution is -0.129. The van der Waals surface area contributed by atoms with Gasteiger partial charge in [-0.25, -0.2) is 13.2 Å². The molecule has 0 aliphatic heterocycles. The molecule has 2 rings (SSSR count). The van der Waals surface area contributed by atoms with Crippen molar-refractivity contribution in [1.82, 2.24) is 4.98 Å². The lowest BCUT2D eigenvalue weighted by Gasteiger charge is -2.09. The summed E-state index contributed by atoms with van der Waals surface area (Å²) >= 11 is 5.84. The van der Waals surface area contributed by atoms with Gasteiger partial charge in [-0.1, -0.05) is 11.6 Å². The van der Waals surface area contributed by atoms with Gasteiger partial charge in [-0.05, 0) is 25.1 Å². The third-order valence-electron chi connectivity index (χ3n) is 3.16. The Morgan fingerprint density at radius 3 is 2.58 bits per heavy atom. The van der Waals surface area contributed by atoms with Gasteiger partial charge in [0, 0.05) is 15.9 Å². The predicted molar refractivity (Wildman–Crippen MR) is 82.0 cm³/mol. The fourth-order valence-electron chi connectivity index (χ4n) is 2.16. The van der Waals surface area contributed by atoms with Crippen LogP contribution in [0.2, 0.25) is 5.02 Å². The average molecular weight is 384 g/mol. The van der Waals surface area contributed by atoms with E-state index in [-0.39, 0.29) is 22.5 Å². The number of carbonyl (C=O) groups excluding carboxylic acids is 1. The average Bonchev–Trinajstić information content (AvgIpc) is 2.84. The van der Waals surface area contributed by atoms with Crippen molar-refractivity contribution >= 4 is 38.3 Å². The van der Waals surface area contributed by atoms with Gasteiger partial charge in [-0.2, -0.15) is 13.2 Å². The molecule has 0 aliphatic carbocycles. The van der Waals surface area contributed by atoms with E-state index in [1.54, 1.807) is 0 Å². The quantitative estimate of drug-likeness (QED) is 0.798. The Bertz CT molecular complexity index is 874. The molecule has 5 nitrogen and oxygen atoms in total. The Hall–Kier alpha value is -1.74. The first-order valence-electron chi connectivity index (χ1n) is 6.83. The van der Waals surface area contributed by atoms with Crippen LogP contribution in [0.5, 0.6) is 0 Å². The number of rotatable bonds is 5. The van der Waals surface area contributed by atoms with Gasteiger partial charge in [0.2, 0.25) is 0 Å². The summed E-state index contributed by atoms with van der Waals surface area (Å²) in [4.78, 5) is 14.1. The van der Waals surface area contributed by atoms with Gasteiger partial charge in [0.05, 0.1) is 18.8 Å². The molecule has 132 valence electrons. The molecule has 24 heavy (non-hydrogen) atoms. The molecule has 0 fully saturated rings. The Morgan fingerprint density at radius 1 is 1.33 bits per heavy atom. The molecule has 1 aromatic heterocycles. The molecule has 0 spiro atoms. The second kappa shape index (κ2) is 6.64. The molecule has 0 bridgehead atoms. The van der Waals surface area contributed by atoms with E-state index in [2.05, 4.69) is 4.98 Å². The smallest absolute Gasteiger partial charge is 0.390 e. The highest BCUT2D eigenvalue weighted by molar-refractivity contribution is 7.91. The summed E-state index contributed by atoms with van der Waals surface area (Å²) in [7, 11) is -4.40. The van der Waals surface area contributed by atoms with Crippen LogP contribution >= 0.6 is 11.6 Å². The standard InChI is InChI=1S/C14H13ClF3NO4S/c1-2-23-13(20)11-12(24(21,22)6-5-14(16,17)18)9-7-8(15)3-4-10(9)19-11/h3-4,7,19H,2,5-6H2,1H3. The fourth-order valence-corrected chi connectivity index (χ4v) is 3.99. The molecule has 0 unspecified atom stereocenters. The number of hydrogen-bond acceptors (Lipinski definition) is 4. The lowest BCUT2D eigenvalue weighted by atomic mass is 10.2. The van der Waals surface area contributed by atoms with Crippen molar-refractivity contribution in [3.05, 3.63) is 28.9 Å². The van der Waals surface area contributed by atoms with Crippen LogP contribution in [0, 0.1) is 0 Å².